The van der Waals surface area contributed by atoms with Crippen molar-refractivity contribution in [1.29, 1.82) is 0 Å². The summed E-state index contributed by atoms with van der Waals surface area (Å²) >= 11 is 0. The number of rotatable bonds is 5. The van der Waals surface area contributed by atoms with Gasteiger partial charge in [0.1, 0.15) is 5.60 Å². The van der Waals surface area contributed by atoms with Crippen LogP contribution < -0.4 is 0 Å². The van der Waals surface area contributed by atoms with E-state index in [-0.39, 0.29) is 6.10 Å². The van der Waals surface area contributed by atoms with Gasteiger partial charge in [-0.1, -0.05) is 81.4 Å². The van der Waals surface area contributed by atoms with Gasteiger partial charge in [-0.15, -0.1) is 0 Å². The molecule has 0 spiro atoms. The lowest BCUT2D eigenvalue weighted by atomic mass is 9.64. The van der Waals surface area contributed by atoms with Crippen LogP contribution in [-0.2, 0) is 31.2 Å². The molecule has 2 aromatic rings. The van der Waals surface area contributed by atoms with Gasteiger partial charge in [-0.05, 0) is 11.1 Å². The Hall–Kier alpha value is -2.21. The molecule has 0 radical (unpaired) electrons. The minimum Gasteiger partial charge on any atom is -0.433 e. The molecule has 1 N–H and O–H groups in total. The Morgan fingerprint density at radius 3 is 2.17 bits per heavy atom. The smallest absolute Gasteiger partial charge is 0.348 e. The summed E-state index contributed by atoms with van der Waals surface area (Å²) in [6, 6.07) is 19.1. The predicted octanol–water partition coefficient (Wildman–Crippen LogP) is 3.94. The highest BCUT2D eigenvalue weighted by Crippen LogP contribution is 2.55. The molecule has 2 aromatic carbocycles. The standard InChI is InChI=1S/C24H28O5/c1-22(2,3)21-28-20(25)24(29-21,18-12-8-5-9-13-18)23(26)14-19(15-23)27-16-17-10-6-4-7-11-17/h4-13,19,21,26H,14-16H2,1-3H3/t19?,21-,23?,24-/m0/s1. The summed E-state index contributed by atoms with van der Waals surface area (Å²) in [5, 5.41) is 11.5. The number of ether oxygens (including phenoxy) is 3. The van der Waals surface area contributed by atoms with Gasteiger partial charge in [0.15, 0.2) is 0 Å². The molecule has 0 unspecified atom stereocenters. The van der Waals surface area contributed by atoms with Crippen molar-refractivity contribution < 1.29 is 24.1 Å². The van der Waals surface area contributed by atoms with Gasteiger partial charge in [0.25, 0.3) is 0 Å². The first kappa shape index (κ1) is 20.1. The Bertz CT molecular complexity index is 852. The van der Waals surface area contributed by atoms with E-state index in [9.17, 15) is 9.90 Å². The van der Waals surface area contributed by atoms with Crippen LogP contribution in [0.5, 0.6) is 0 Å². The molecule has 29 heavy (non-hydrogen) atoms. The van der Waals surface area contributed by atoms with E-state index in [0.717, 1.165) is 5.56 Å². The zero-order chi connectivity index (χ0) is 20.7. The van der Waals surface area contributed by atoms with E-state index in [4.69, 9.17) is 14.2 Å². The lowest BCUT2D eigenvalue weighted by molar-refractivity contribution is -0.259. The molecular weight excluding hydrogens is 368 g/mol. The average molecular weight is 396 g/mol. The first-order valence-corrected chi connectivity index (χ1v) is 10.1. The molecule has 0 aromatic heterocycles. The van der Waals surface area contributed by atoms with Crippen LogP contribution in [0.25, 0.3) is 0 Å². The maximum absolute atomic E-state index is 13.1. The molecule has 4 rings (SSSR count). The number of esters is 1. The number of aliphatic hydroxyl groups is 1. The zero-order valence-electron chi connectivity index (χ0n) is 17.1. The highest BCUT2D eigenvalue weighted by molar-refractivity contribution is 5.85. The molecule has 5 nitrogen and oxygen atoms in total. The molecule has 1 aliphatic carbocycles. The van der Waals surface area contributed by atoms with Crippen molar-refractivity contribution in [3.63, 3.8) is 0 Å². The van der Waals surface area contributed by atoms with E-state index in [1.807, 2.05) is 81.4 Å². The Morgan fingerprint density at radius 2 is 1.62 bits per heavy atom. The fraction of sp³-hybridized carbons (Fsp3) is 0.458. The summed E-state index contributed by atoms with van der Waals surface area (Å²) in [4.78, 5) is 13.1. The monoisotopic (exact) mass is 396 g/mol. The summed E-state index contributed by atoms with van der Waals surface area (Å²) in [5.41, 5.74) is -1.65. The number of cyclic esters (lactones) is 1. The van der Waals surface area contributed by atoms with Crippen molar-refractivity contribution in [3.05, 3.63) is 71.8 Å². The SMILES string of the molecule is CC(C)(C)[C@H]1OC(=O)[C@@](c2ccccc2)(C2(O)CC(OCc3ccccc3)C2)O1. The quantitative estimate of drug-likeness (QED) is 0.776. The highest BCUT2D eigenvalue weighted by atomic mass is 16.8. The molecule has 154 valence electrons. The fourth-order valence-electron chi connectivity index (χ4n) is 4.08. The summed E-state index contributed by atoms with van der Waals surface area (Å²) in [7, 11) is 0. The van der Waals surface area contributed by atoms with Crippen LogP contribution in [0.1, 0.15) is 44.7 Å². The van der Waals surface area contributed by atoms with E-state index in [0.29, 0.717) is 25.0 Å². The zero-order valence-corrected chi connectivity index (χ0v) is 17.1. The average Bonchev–Trinajstić information content (AvgIpc) is 3.05. The molecule has 0 amide bonds. The number of hydrogen-bond acceptors (Lipinski definition) is 5. The maximum Gasteiger partial charge on any atom is 0.348 e. The van der Waals surface area contributed by atoms with E-state index in [1.165, 1.54) is 0 Å². The summed E-state index contributed by atoms with van der Waals surface area (Å²) in [5.74, 6) is -0.535. The van der Waals surface area contributed by atoms with Crippen molar-refractivity contribution in [1.82, 2.24) is 0 Å². The van der Waals surface area contributed by atoms with Gasteiger partial charge < -0.3 is 19.3 Å². The highest BCUT2D eigenvalue weighted by Gasteiger charge is 2.70. The van der Waals surface area contributed by atoms with E-state index >= 15 is 0 Å². The fourth-order valence-corrected chi connectivity index (χ4v) is 4.08. The topological polar surface area (TPSA) is 65.0 Å². The van der Waals surface area contributed by atoms with Crippen molar-refractivity contribution in [3.8, 4) is 0 Å². The molecule has 2 fully saturated rings. The number of carbonyl (C=O) groups is 1. The third kappa shape index (κ3) is 3.48. The minimum atomic E-state index is -1.54. The van der Waals surface area contributed by atoms with Crippen LogP contribution in [0, 0.1) is 5.41 Å². The van der Waals surface area contributed by atoms with Crippen LogP contribution in [0.15, 0.2) is 60.7 Å². The number of benzene rings is 2. The second-order valence-corrected chi connectivity index (χ2v) is 9.13. The summed E-state index contributed by atoms with van der Waals surface area (Å²) in [6.45, 7) is 6.31. The molecule has 2 atom stereocenters. The Morgan fingerprint density at radius 1 is 1.03 bits per heavy atom. The molecule has 0 bridgehead atoms. The van der Waals surface area contributed by atoms with E-state index in [1.54, 1.807) is 0 Å². The first-order valence-electron chi connectivity index (χ1n) is 10.1. The number of hydrogen-bond donors (Lipinski definition) is 1. The molecule has 5 heteroatoms. The van der Waals surface area contributed by atoms with Gasteiger partial charge >= 0.3 is 5.97 Å². The van der Waals surface area contributed by atoms with Crippen molar-refractivity contribution >= 4 is 5.97 Å². The maximum atomic E-state index is 13.1. The largest absolute Gasteiger partial charge is 0.433 e. The van der Waals surface area contributed by atoms with Gasteiger partial charge in [-0.2, -0.15) is 0 Å². The van der Waals surface area contributed by atoms with E-state index in [2.05, 4.69) is 0 Å². The lowest BCUT2D eigenvalue weighted by Gasteiger charge is -2.51. The molecular formula is C24H28O5. The van der Waals surface area contributed by atoms with Crippen molar-refractivity contribution in [2.24, 2.45) is 5.41 Å². The van der Waals surface area contributed by atoms with Crippen LogP contribution in [0.2, 0.25) is 0 Å². The third-order valence-electron chi connectivity index (χ3n) is 5.79. The minimum absolute atomic E-state index is 0.147. The van der Waals surface area contributed by atoms with Gasteiger partial charge in [-0.3, -0.25) is 0 Å². The first-order chi connectivity index (χ1) is 13.7. The van der Waals surface area contributed by atoms with Crippen LogP contribution in [0.4, 0.5) is 0 Å². The number of carbonyl (C=O) groups excluding carboxylic acids is 1. The molecule has 2 aliphatic rings. The predicted molar refractivity (Wildman–Crippen MR) is 108 cm³/mol. The molecule has 1 saturated heterocycles. The normalized spacial score (nSPS) is 31.9. The second kappa shape index (κ2) is 7.24. The van der Waals surface area contributed by atoms with Gasteiger partial charge in [0.2, 0.25) is 11.9 Å². The van der Waals surface area contributed by atoms with Crippen molar-refractivity contribution in [2.45, 2.75) is 63.8 Å². The van der Waals surface area contributed by atoms with Gasteiger partial charge in [0, 0.05) is 18.3 Å². The molecule has 1 saturated carbocycles. The lowest BCUT2D eigenvalue weighted by Crippen LogP contribution is -2.64. The summed E-state index contributed by atoms with van der Waals surface area (Å²) in [6.07, 6.45) is -0.268. The Balaban J connectivity index is 1.56. The molecule has 1 aliphatic heterocycles. The molecule has 1 heterocycles. The van der Waals surface area contributed by atoms with Crippen LogP contribution >= 0.6 is 0 Å². The summed E-state index contributed by atoms with van der Waals surface area (Å²) < 4.78 is 17.8. The van der Waals surface area contributed by atoms with E-state index < -0.39 is 28.9 Å². The van der Waals surface area contributed by atoms with Crippen LogP contribution in [0.3, 0.4) is 0 Å². The third-order valence-corrected chi connectivity index (χ3v) is 5.79. The van der Waals surface area contributed by atoms with Crippen LogP contribution in [-0.4, -0.2) is 29.1 Å². The second-order valence-electron chi connectivity index (χ2n) is 9.13. The van der Waals surface area contributed by atoms with Gasteiger partial charge in [-0.25, -0.2) is 4.79 Å². The van der Waals surface area contributed by atoms with Gasteiger partial charge in [0.05, 0.1) is 12.7 Å². The van der Waals surface area contributed by atoms with Crippen molar-refractivity contribution in [2.75, 3.05) is 0 Å². The Kier molecular flexibility index (Phi) is 5.01. The Labute approximate surface area is 171 Å².